The van der Waals surface area contributed by atoms with E-state index < -0.39 is 0 Å². The minimum absolute atomic E-state index is 0.0442. The Morgan fingerprint density at radius 3 is 2.39 bits per heavy atom. The number of fused-ring (bicyclic) bond motifs is 3. The van der Waals surface area contributed by atoms with E-state index in [9.17, 15) is 9.18 Å². The van der Waals surface area contributed by atoms with Gasteiger partial charge in [0.05, 0.1) is 11.1 Å². The number of hydrogen-bond donors (Lipinski definition) is 0. The second-order valence-corrected chi connectivity index (χ2v) is 9.70. The summed E-state index contributed by atoms with van der Waals surface area (Å²) in [5, 5.41) is 9.63. The van der Waals surface area contributed by atoms with E-state index in [-0.39, 0.29) is 17.1 Å². The average molecular weight is 447 g/mol. The molecule has 1 amide bonds. The highest BCUT2D eigenvalue weighted by Gasteiger charge is 2.28. The fourth-order valence-corrected chi connectivity index (χ4v) is 4.32. The van der Waals surface area contributed by atoms with Crippen LogP contribution in [0.4, 0.5) is 10.3 Å². The smallest absolute Gasteiger partial charge is 0.223 e. The number of carbonyl (C=O) groups excluding carboxylic acids is 1. The third kappa shape index (κ3) is 4.01. The van der Waals surface area contributed by atoms with Crippen LogP contribution in [0.3, 0.4) is 0 Å². The lowest BCUT2D eigenvalue weighted by atomic mass is 9.91. The Balaban J connectivity index is 1.56. The Labute approximate surface area is 191 Å². The Morgan fingerprint density at radius 1 is 0.970 bits per heavy atom. The van der Waals surface area contributed by atoms with E-state index in [2.05, 4.69) is 35.9 Å². The topological polar surface area (TPSA) is 66.6 Å². The number of carbonyl (C=O) groups is 1. The molecular weight excluding hydrogens is 419 g/mol. The first-order valence-corrected chi connectivity index (χ1v) is 11.2. The van der Waals surface area contributed by atoms with Crippen molar-refractivity contribution in [3.8, 4) is 11.4 Å². The van der Waals surface area contributed by atoms with Gasteiger partial charge in [0, 0.05) is 38.0 Å². The van der Waals surface area contributed by atoms with E-state index in [0.29, 0.717) is 55.6 Å². The van der Waals surface area contributed by atoms with Crippen LogP contribution >= 0.6 is 0 Å². The molecule has 1 aliphatic rings. The summed E-state index contributed by atoms with van der Waals surface area (Å²) in [5.74, 6) is 0.899. The van der Waals surface area contributed by atoms with Gasteiger partial charge < -0.3 is 9.80 Å². The quantitative estimate of drug-likeness (QED) is 0.473. The molecule has 0 radical (unpaired) electrons. The number of benzene rings is 2. The van der Waals surface area contributed by atoms with Gasteiger partial charge in [-0.1, -0.05) is 45.0 Å². The predicted octanol–water partition coefficient (Wildman–Crippen LogP) is 4.17. The molecular formula is C25H27FN6O. The van der Waals surface area contributed by atoms with E-state index in [4.69, 9.17) is 4.98 Å². The number of aromatic nitrogens is 4. The van der Waals surface area contributed by atoms with Crippen molar-refractivity contribution in [1.29, 1.82) is 0 Å². The Morgan fingerprint density at radius 2 is 1.67 bits per heavy atom. The van der Waals surface area contributed by atoms with Crippen molar-refractivity contribution in [3.05, 3.63) is 54.3 Å². The summed E-state index contributed by atoms with van der Waals surface area (Å²) >= 11 is 0. The van der Waals surface area contributed by atoms with Gasteiger partial charge in [0.25, 0.3) is 0 Å². The SMILES string of the molecule is CC(C)(C)CC(=O)N1CCN(c2nc3ccccc3c3nnc(-c4ccccc4F)n23)CC1. The summed E-state index contributed by atoms with van der Waals surface area (Å²) in [6.45, 7) is 8.72. The first kappa shape index (κ1) is 21.3. The molecule has 3 heterocycles. The number of halogens is 1. The number of hydrogen-bond acceptors (Lipinski definition) is 5. The normalized spacial score (nSPS) is 14.9. The lowest BCUT2D eigenvalue weighted by molar-refractivity contribution is -0.133. The van der Waals surface area contributed by atoms with Crippen LogP contribution in [0.15, 0.2) is 48.5 Å². The molecule has 33 heavy (non-hydrogen) atoms. The van der Waals surface area contributed by atoms with Gasteiger partial charge >= 0.3 is 0 Å². The second-order valence-electron chi connectivity index (χ2n) is 9.70. The Bertz CT molecular complexity index is 1330. The molecule has 1 saturated heterocycles. The Kier molecular flexibility index (Phi) is 5.23. The van der Waals surface area contributed by atoms with Gasteiger partial charge in [-0.3, -0.25) is 4.79 Å². The third-order valence-corrected chi connectivity index (χ3v) is 5.94. The zero-order valence-electron chi connectivity index (χ0n) is 19.1. The van der Waals surface area contributed by atoms with E-state index in [0.717, 1.165) is 10.9 Å². The molecule has 0 saturated carbocycles. The second kappa shape index (κ2) is 8.10. The van der Waals surface area contributed by atoms with Gasteiger partial charge in [0.1, 0.15) is 5.82 Å². The van der Waals surface area contributed by atoms with Crippen molar-refractivity contribution in [2.75, 3.05) is 31.1 Å². The molecule has 0 spiro atoms. The number of rotatable bonds is 3. The third-order valence-electron chi connectivity index (χ3n) is 5.94. The maximum atomic E-state index is 14.7. The van der Waals surface area contributed by atoms with Crippen LogP contribution in [0.2, 0.25) is 0 Å². The maximum absolute atomic E-state index is 14.7. The van der Waals surface area contributed by atoms with Crippen LogP contribution in [0, 0.1) is 11.2 Å². The van der Waals surface area contributed by atoms with Crippen LogP contribution in [-0.2, 0) is 4.79 Å². The minimum atomic E-state index is -0.358. The minimum Gasteiger partial charge on any atom is -0.339 e. The van der Waals surface area contributed by atoms with Crippen molar-refractivity contribution >= 4 is 28.4 Å². The van der Waals surface area contributed by atoms with E-state index in [1.165, 1.54) is 6.07 Å². The van der Waals surface area contributed by atoms with Gasteiger partial charge in [0.15, 0.2) is 11.5 Å². The Hall–Kier alpha value is -3.55. The average Bonchev–Trinajstić information content (AvgIpc) is 3.23. The summed E-state index contributed by atoms with van der Waals surface area (Å²) in [5.41, 5.74) is 1.78. The molecule has 0 aliphatic carbocycles. The zero-order chi connectivity index (χ0) is 23.2. The van der Waals surface area contributed by atoms with Gasteiger partial charge in [-0.05, 0) is 29.7 Å². The summed E-state index contributed by atoms with van der Waals surface area (Å²) < 4.78 is 16.5. The van der Waals surface area contributed by atoms with Gasteiger partial charge in [-0.25, -0.2) is 13.8 Å². The number of nitrogens with zero attached hydrogens (tertiary/aromatic N) is 6. The van der Waals surface area contributed by atoms with Crippen molar-refractivity contribution in [2.24, 2.45) is 5.41 Å². The van der Waals surface area contributed by atoms with Crippen LogP contribution < -0.4 is 4.90 Å². The number of anilines is 1. The van der Waals surface area contributed by atoms with Crippen molar-refractivity contribution in [2.45, 2.75) is 27.2 Å². The zero-order valence-corrected chi connectivity index (χ0v) is 19.1. The highest BCUT2D eigenvalue weighted by Crippen LogP contribution is 2.30. The van der Waals surface area contributed by atoms with Crippen LogP contribution in [-0.4, -0.2) is 56.6 Å². The summed E-state index contributed by atoms with van der Waals surface area (Å²) in [6, 6.07) is 14.3. The van der Waals surface area contributed by atoms with Crippen LogP contribution in [0.25, 0.3) is 27.9 Å². The molecule has 8 heteroatoms. The summed E-state index contributed by atoms with van der Waals surface area (Å²) in [4.78, 5) is 21.7. The van der Waals surface area contributed by atoms with Gasteiger partial charge in [0.2, 0.25) is 11.9 Å². The molecule has 7 nitrogen and oxygen atoms in total. The number of piperazine rings is 1. The molecule has 1 fully saturated rings. The molecule has 0 atom stereocenters. The first-order chi connectivity index (χ1) is 15.8. The summed E-state index contributed by atoms with van der Waals surface area (Å²) in [6.07, 6.45) is 0.522. The fraction of sp³-hybridized carbons (Fsp3) is 0.360. The van der Waals surface area contributed by atoms with Crippen LogP contribution in [0.1, 0.15) is 27.2 Å². The van der Waals surface area contributed by atoms with E-state index >= 15 is 0 Å². The molecule has 5 rings (SSSR count). The molecule has 2 aromatic heterocycles. The standard InChI is InChI=1S/C25H27FN6O/c1-25(2,3)16-21(33)30-12-14-31(15-13-30)24-27-20-11-7-5-9-18(20)23-29-28-22(32(23)24)17-8-4-6-10-19(17)26/h4-11H,12-16H2,1-3H3. The highest BCUT2D eigenvalue weighted by molar-refractivity contribution is 5.93. The van der Waals surface area contributed by atoms with Crippen molar-refractivity contribution in [1.82, 2.24) is 24.5 Å². The van der Waals surface area contributed by atoms with Crippen LogP contribution in [0.5, 0.6) is 0 Å². The number of para-hydroxylation sites is 1. The molecule has 0 bridgehead atoms. The molecule has 1 aliphatic heterocycles. The number of amides is 1. The summed E-state index contributed by atoms with van der Waals surface area (Å²) in [7, 11) is 0. The lowest BCUT2D eigenvalue weighted by Gasteiger charge is -2.36. The lowest BCUT2D eigenvalue weighted by Crippen LogP contribution is -2.50. The maximum Gasteiger partial charge on any atom is 0.223 e. The molecule has 0 N–H and O–H groups in total. The van der Waals surface area contributed by atoms with Gasteiger partial charge in [-0.15, -0.1) is 10.2 Å². The molecule has 170 valence electrons. The molecule has 2 aromatic carbocycles. The monoisotopic (exact) mass is 446 g/mol. The first-order valence-electron chi connectivity index (χ1n) is 11.2. The van der Waals surface area contributed by atoms with E-state index in [1.807, 2.05) is 33.6 Å². The highest BCUT2D eigenvalue weighted by atomic mass is 19.1. The van der Waals surface area contributed by atoms with Crippen molar-refractivity contribution < 1.29 is 9.18 Å². The molecule has 4 aromatic rings. The van der Waals surface area contributed by atoms with Gasteiger partial charge in [-0.2, -0.15) is 0 Å². The largest absolute Gasteiger partial charge is 0.339 e. The molecule has 0 unspecified atom stereocenters. The fourth-order valence-electron chi connectivity index (χ4n) is 4.32. The predicted molar refractivity (Wildman–Crippen MR) is 127 cm³/mol. The van der Waals surface area contributed by atoms with E-state index in [1.54, 1.807) is 18.2 Å². The van der Waals surface area contributed by atoms with Crippen molar-refractivity contribution in [3.63, 3.8) is 0 Å².